The van der Waals surface area contributed by atoms with Crippen LogP contribution in [0.3, 0.4) is 0 Å². The van der Waals surface area contributed by atoms with Gasteiger partial charge in [-0.1, -0.05) is 0 Å². The summed E-state index contributed by atoms with van der Waals surface area (Å²) >= 11 is 0. The molecule has 6 nitrogen and oxygen atoms in total. The van der Waals surface area contributed by atoms with Crippen LogP contribution in [0.15, 0.2) is 4.99 Å². The molecule has 1 heterocycles. The summed E-state index contributed by atoms with van der Waals surface area (Å²) in [5.41, 5.74) is 0. The SMILES string of the molecule is CCNC(=NCC(=O)N(C)CC(F)(F)F)N(C)CC1CCOC1. The maximum absolute atomic E-state index is 12.3. The number of rotatable bonds is 6. The Labute approximate surface area is 134 Å². The smallest absolute Gasteiger partial charge is 0.381 e. The largest absolute Gasteiger partial charge is 0.406 e. The first-order chi connectivity index (χ1) is 10.7. The zero-order valence-corrected chi connectivity index (χ0v) is 13.8. The van der Waals surface area contributed by atoms with E-state index in [1.807, 2.05) is 18.9 Å². The van der Waals surface area contributed by atoms with Crippen molar-refractivity contribution >= 4 is 11.9 Å². The van der Waals surface area contributed by atoms with Crippen molar-refractivity contribution in [2.24, 2.45) is 10.9 Å². The fourth-order valence-electron chi connectivity index (χ4n) is 2.29. The first-order valence-corrected chi connectivity index (χ1v) is 7.60. The normalized spacial score (nSPS) is 18.9. The third kappa shape index (κ3) is 7.54. The molecule has 1 rings (SSSR count). The molecule has 1 unspecified atom stereocenters. The molecule has 1 N–H and O–H groups in total. The first kappa shape index (κ1) is 19.5. The van der Waals surface area contributed by atoms with Crippen molar-refractivity contribution in [3.8, 4) is 0 Å². The number of hydrogen-bond donors (Lipinski definition) is 1. The second-order valence-electron chi connectivity index (χ2n) is 5.65. The molecule has 134 valence electrons. The third-order valence-electron chi connectivity index (χ3n) is 3.46. The molecule has 1 aliphatic heterocycles. The van der Waals surface area contributed by atoms with E-state index in [9.17, 15) is 18.0 Å². The molecule has 1 saturated heterocycles. The lowest BCUT2D eigenvalue weighted by Crippen LogP contribution is -2.43. The van der Waals surface area contributed by atoms with Gasteiger partial charge in [-0.05, 0) is 13.3 Å². The van der Waals surface area contributed by atoms with E-state index >= 15 is 0 Å². The van der Waals surface area contributed by atoms with Crippen LogP contribution in [0.1, 0.15) is 13.3 Å². The summed E-state index contributed by atoms with van der Waals surface area (Å²) in [6, 6.07) is 0. The molecule has 0 bridgehead atoms. The van der Waals surface area contributed by atoms with Gasteiger partial charge in [-0.3, -0.25) is 4.79 Å². The zero-order chi connectivity index (χ0) is 17.5. The standard InChI is InChI=1S/C14H25F3N4O2/c1-4-18-13(20(2)8-11-5-6-23-9-11)19-7-12(22)21(3)10-14(15,16)17/h11H,4-10H2,1-3H3,(H,18,19). The number of aliphatic imine (C=N–C) groups is 1. The molecular weight excluding hydrogens is 313 g/mol. The Kier molecular flexibility index (Phi) is 7.60. The summed E-state index contributed by atoms with van der Waals surface area (Å²) in [5.74, 6) is 0.232. The number of nitrogens with zero attached hydrogens (tertiary/aromatic N) is 3. The van der Waals surface area contributed by atoms with E-state index < -0.39 is 18.6 Å². The van der Waals surface area contributed by atoms with Crippen LogP contribution in [0.5, 0.6) is 0 Å². The number of guanidine groups is 1. The quantitative estimate of drug-likeness (QED) is 0.579. The number of likely N-dealkylation sites (N-methyl/N-ethyl adjacent to an activating group) is 1. The number of ether oxygens (including phenoxy) is 1. The van der Waals surface area contributed by atoms with Crippen molar-refractivity contribution in [2.75, 3.05) is 53.5 Å². The molecule has 1 aliphatic rings. The van der Waals surface area contributed by atoms with Crippen LogP contribution in [0.4, 0.5) is 13.2 Å². The molecule has 0 radical (unpaired) electrons. The van der Waals surface area contributed by atoms with Gasteiger partial charge in [0, 0.05) is 39.7 Å². The lowest BCUT2D eigenvalue weighted by atomic mass is 10.1. The van der Waals surface area contributed by atoms with Crippen LogP contribution in [0.2, 0.25) is 0 Å². The number of nitrogens with one attached hydrogen (secondary N) is 1. The maximum Gasteiger partial charge on any atom is 0.406 e. The molecular formula is C14H25F3N4O2. The van der Waals surface area contributed by atoms with Gasteiger partial charge in [0.1, 0.15) is 13.1 Å². The van der Waals surface area contributed by atoms with E-state index in [1.165, 1.54) is 0 Å². The van der Waals surface area contributed by atoms with E-state index in [0.29, 0.717) is 29.9 Å². The highest BCUT2D eigenvalue weighted by Gasteiger charge is 2.31. The zero-order valence-electron chi connectivity index (χ0n) is 13.8. The predicted molar refractivity (Wildman–Crippen MR) is 81.2 cm³/mol. The van der Waals surface area contributed by atoms with Gasteiger partial charge in [0.15, 0.2) is 5.96 Å². The summed E-state index contributed by atoms with van der Waals surface area (Å²) in [7, 11) is 2.96. The van der Waals surface area contributed by atoms with Gasteiger partial charge in [0.2, 0.25) is 5.91 Å². The Bertz CT molecular complexity index is 409. The second-order valence-corrected chi connectivity index (χ2v) is 5.65. The number of halogens is 3. The Balaban J connectivity index is 2.57. The molecule has 23 heavy (non-hydrogen) atoms. The fourth-order valence-corrected chi connectivity index (χ4v) is 2.29. The minimum absolute atomic E-state index is 0.319. The van der Waals surface area contributed by atoms with Crippen molar-refractivity contribution < 1.29 is 22.7 Å². The number of carbonyl (C=O) groups excluding carboxylic acids is 1. The monoisotopic (exact) mass is 338 g/mol. The maximum atomic E-state index is 12.3. The summed E-state index contributed by atoms with van der Waals surface area (Å²) in [6.45, 7) is 3.06. The Morgan fingerprint density at radius 3 is 2.57 bits per heavy atom. The highest BCUT2D eigenvalue weighted by molar-refractivity contribution is 5.84. The molecule has 1 atom stereocenters. The lowest BCUT2D eigenvalue weighted by Gasteiger charge is -2.25. The van der Waals surface area contributed by atoms with E-state index in [0.717, 1.165) is 26.6 Å². The summed E-state index contributed by atoms with van der Waals surface area (Å²) < 4.78 is 42.2. The summed E-state index contributed by atoms with van der Waals surface area (Å²) in [5, 5.41) is 3.04. The number of carbonyl (C=O) groups is 1. The van der Waals surface area contributed by atoms with Gasteiger partial charge in [0.05, 0.1) is 6.61 Å². The van der Waals surface area contributed by atoms with E-state index in [4.69, 9.17) is 4.74 Å². The number of hydrogen-bond acceptors (Lipinski definition) is 3. The molecule has 9 heteroatoms. The van der Waals surface area contributed by atoms with Crippen LogP contribution in [-0.2, 0) is 9.53 Å². The van der Waals surface area contributed by atoms with Gasteiger partial charge >= 0.3 is 6.18 Å². The van der Waals surface area contributed by atoms with Crippen molar-refractivity contribution in [3.63, 3.8) is 0 Å². The van der Waals surface area contributed by atoms with Gasteiger partial charge in [-0.25, -0.2) is 4.99 Å². The Hall–Kier alpha value is -1.51. The molecule has 0 spiro atoms. The van der Waals surface area contributed by atoms with Crippen LogP contribution in [-0.4, -0.2) is 81.3 Å². The molecule has 0 aromatic carbocycles. The number of alkyl halides is 3. The van der Waals surface area contributed by atoms with Gasteiger partial charge in [0.25, 0.3) is 0 Å². The molecule has 1 fully saturated rings. The van der Waals surface area contributed by atoms with Crippen molar-refractivity contribution in [2.45, 2.75) is 19.5 Å². The highest BCUT2D eigenvalue weighted by atomic mass is 19.4. The minimum Gasteiger partial charge on any atom is -0.381 e. The van der Waals surface area contributed by atoms with Crippen molar-refractivity contribution in [3.05, 3.63) is 0 Å². The third-order valence-corrected chi connectivity index (χ3v) is 3.46. The van der Waals surface area contributed by atoms with E-state index in [2.05, 4.69) is 10.3 Å². The molecule has 0 aliphatic carbocycles. The van der Waals surface area contributed by atoms with Gasteiger partial charge in [-0.2, -0.15) is 13.2 Å². The molecule has 0 aromatic heterocycles. The second kappa shape index (κ2) is 8.95. The van der Waals surface area contributed by atoms with Gasteiger partial charge in [-0.15, -0.1) is 0 Å². The summed E-state index contributed by atoms with van der Waals surface area (Å²) in [6.07, 6.45) is -3.44. The van der Waals surface area contributed by atoms with Crippen molar-refractivity contribution in [1.82, 2.24) is 15.1 Å². The number of amides is 1. The average Bonchev–Trinajstić information content (AvgIpc) is 2.93. The van der Waals surface area contributed by atoms with Crippen LogP contribution in [0.25, 0.3) is 0 Å². The van der Waals surface area contributed by atoms with Crippen molar-refractivity contribution in [1.29, 1.82) is 0 Å². The summed E-state index contributed by atoms with van der Waals surface area (Å²) in [4.78, 5) is 18.4. The highest BCUT2D eigenvalue weighted by Crippen LogP contribution is 2.15. The molecule has 0 saturated carbocycles. The lowest BCUT2D eigenvalue weighted by molar-refractivity contribution is -0.157. The average molecular weight is 338 g/mol. The minimum atomic E-state index is -4.40. The predicted octanol–water partition coefficient (Wildman–Crippen LogP) is 0.941. The molecule has 0 aromatic rings. The topological polar surface area (TPSA) is 57.2 Å². The Morgan fingerprint density at radius 2 is 2.04 bits per heavy atom. The van der Waals surface area contributed by atoms with Crippen LogP contribution >= 0.6 is 0 Å². The van der Waals surface area contributed by atoms with E-state index in [1.54, 1.807) is 0 Å². The first-order valence-electron chi connectivity index (χ1n) is 7.60. The molecule has 1 amide bonds. The Morgan fingerprint density at radius 1 is 1.35 bits per heavy atom. The van der Waals surface area contributed by atoms with Crippen LogP contribution in [0, 0.1) is 5.92 Å². The van der Waals surface area contributed by atoms with Gasteiger partial charge < -0.3 is 19.9 Å². The van der Waals surface area contributed by atoms with E-state index in [-0.39, 0.29) is 6.54 Å². The van der Waals surface area contributed by atoms with Crippen LogP contribution < -0.4 is 5.32 Å². The fraction of sp³-hybridized carbons (Fsp3) is 0.857.